The number of carbonyl (C=O) groups excluding carboxylic acids is 2. The van der Waals surface area contributed by atoms with Crippen molar-refractivity contribution in [3.8, 4) is 0 Å². The average Bonchev–Trinajstić information content (AvgIpc) is 3.12. The first kappa shape index (κ1) is 12.7. The number of anilines is 1. The van der Waals surface area contributed by atoms with E-state index in [0.717, 1.165) is 43.6 Å². The van der Waals surface area contributed by atoms with Crippen molar-refractivity contribution in [3.05, 3.63) is 29.3 Å². The Morgan fingerprint density at radius 1 is 1.29 bits per heavy atom. The standard InChI is InChI=1S/C16H19N3O2/c20-15-12-2-1-7-19(14(12)9-18-15)16(21)11-3-4-13-10(8-11)5-6-17-13/h3-4,8,12,14,17H,1-2,5-7,9H2,(H,18,20). The van der Waals surface area contributed by atoms with Crippen molar-refractivity contribution in [2.24, 2.45) is 5.92 Å². The molecule has 0 aliphatic carbocycles. The van der Waals surface area contributed by atoms with Crippen molar-refractivity contribution in [1.82, 2.24) is 10.2 Å². The second kappa shape index (κ2) is 4.76. The molecule has 110 valence electrons. The predicted molar refractivity (Wildman–Crippen MR) is 79.2 cm³/mol. The Hall–Kier alpha value is -2.04. The molecule has 2 saturated heterocycles. The minimum atomic E-state index is -0.0150. The Bertz CT molecular complexity index is 614. The molecule has 0 radical (unpaired) electrons. The molecule has 2 atom stereocenters. The molecule has 2 fully saturated rings. The van der Waals surface area contributed by atoms with Gasteiger partial charge in [-0.15, -0.1) is 0 Å². The lowest BCUT2D eigenvalue weighted by atomic mass is 9.91. The summed E-state index contributed by atoms with van der Waals surface area (Å²) in [6.07, 6.45) is 2.78. The number of hydrogen-bond acceptors (Lipinski definition) is 3. The molecule has 0 aromatic heterocycles. The van der Waals surface area contributed by atoms with E-state index in [9.17, 15) is 9.59 Å². The first-order chi connectivity index (χ1) is 10.2. The highest BCUT2D eigenvalue weighted by molar-refractivity contribution is 5.96. The summed E-state index contributed by atoms with van der Waals surface area (Å²) < 4.78 is 0. The summed E-state index contributed by atoms with van der Waals surface area (Å²) in [6.45, 7) is 2.30. The number of rotatable bonds is 1. The summed E-state index contributed by atoms with van der Waals surface area (Å²) in [6, 6.07) is 5.93. The molecule has 4 rings (SSSR count). The largest absolute Gasteiger partial charge is 0.384 e. The second-order valence-corrected chi connectivity index (χ2v) is 6.11. The fourth-order valence-electron chi connectivity index (χ4n) is 3.81. The zero-order valence-corrected chi connectivity index (χ0v) is 11.9. The number of carbonyl (C=O) groups is 2. The lowest BCUT2D eigenvalue weighted by Gasteiger charge is -2.36. The van der Waals surface area contributed by atoms with Crippen LogP contribution in [0.25, 0.3) is 0 Å². The summed E-state index contributed by atoms with van der Waals surface area (Å²) in [5, 5.41) is 6.21. The summed E-state index contributed by atoms with van der Waals surface area (Å²) >= 11 is 0. The monoisotopic (exact) mass is 285 g/mol. The normalized spacial score (nSPS) is 26.9. The van der Waals surface area contributed by atoms with Crippen LogP contribution in [-0.2, 0) is 11.2 Å². The van der Waals surface area contributed by atoms with Crippen LogP contribution in [-0.4, -0.2) is 42.4 Å². The number of amides is 2. The van der Waals surface area contributed by atoms with Crippen molar-refractivity contribution in [3.63, 3.8) is 0 Å². The van der Waals surface area contributed by atoms with Gasteiger partial charge < -0.3 is 15.5 Å². The maximum Gasteiger partial charge on any atom is 0.254 e. The van der Waals surface area contributed by atoms with Gasteiger partial charge in [-0.3, -0.25) is 9.59 Å². The molecule has 0 saturated carbocycles. The molecule has 5 heteroatoms. The highest BCUT2D eigenvalue weighted by atomic mass is 16.2. The zero-order valence-electron chi connectivity index (χ0n) is 11.9. The minimum absolute atomic E-state index is 0.0150. The van der Waals surface area contributed by atoms with Crippen molar-refractivity contribution in [1.29, 1.82) is 0 Å². The first-order valence-electron chi connectivity index (χ1n) is 7.69. The third kappa shape index (κ3) is 1.99. The predicted octanol–water partition coefficient (Wildman–Crippen LogP) is 1.01. The molecule has 3 aliphatic rings. The molecule has 21 heavy (non-hydrogen) atoms. The van der Waals surface area contributed by atoms with Crippen LogP contribution < -0.4 is 10.6 Å². The van der Waals surface area contributed by atoms with Gasteiger partial charge in [0.15, 0.2) is 0 Å². The van der Waals surface area contributed by atoms with Crippen molar-refractivity contribution >= 4 is 17.5 Å². The highest BCUT2D eigenvalue weighted by Gasteiger charge is 2.42. The van der Waals surface area contributed by atoms with Crippen LogP contribution in [0.5, 0.6) is 0 Å². The summed E-state index contributed by atoms with van der Waals surface area (Å²) in [5.74, 6) is 0.158. The lowest BCUT2D eigenvalue weighted by Crippen LogP contribution is -2.48. The van der Waals surface area contributed by atoms with Crippen LogP contribution in [0, 0.1) is 5.92 Å². The van der Waals surface area contributed by atoms with E-state index in [1.807, 2.05) is 23.1 Å². The van der Waals surface area contributed by atoms with E-state index >= 15 is 0 Å². The molecule has 0 bridgehead atoms. The summed E-state index contributed by atoms with van der Waals surface area (Å²) in [4.78, 5) is 26.5. The number of nitrogens with zero attached hydrogens (tertiary/aromatic N) is 1. The number of benzene rings is 1. The van der Waals surface area contributed by atoms with Crippen molar-refractivity contribution in [2.75, 3.05) is 25.0 Å². The van der Waals surface area contributed by atoms with Crippen molar-refractivity contribution < 1.29 is 9.59 Å². The van der Waals surface area contributed by atoms with Gasteiger partial charge in [-0.1, -0.05) is 0 Å². The van der Waals surface area contributed by atoms with E-state index in [1.54, 1.807) is 0 Å². The van der Waals surface area contributed by atoms with Gasteiger partial charge in [-0.05, 0) is 43.0 Å². The molecule has 2 N–H and O–H groups in total. The quantitative estimate of drug-likeness (QED) is 0.809. The van der Waals surface area contributed by atoms with Gasteiger partial charge >= 0.3 is 0 Å². The van der Waals surface area contributed by atoms with E-state index in [0.29, 0.717) is 6.54 Å². The molecular weight excluding hydrogens is 266 g/mol. The molecule has 2 unspecified atom stereocenters. The van der Waals surface area contributed by atoms with E-state index in [2.05, 4.69) is 10.6 Å². The fraction of sp³-hybridized carbons (Fsp3) is 0.500. The molecule has 2 amide bonds. The maximum atomic E-state index is 12.8. The van der Waals surface area contributed by atoms with Gasteiger partial charge in [0.1, 0.15) is 0 Å². The zero-order chi connectivity index (χ0) is 14.4. The number of hydrogen-bond donors (Lipinski definition) is 2. The van der Waals surface area contributed by atoms with Crippen LogP contribution in [0.4, 0.5) is 5.69 Å². The first-order valence-corrected chi connectivity index (χ1v) is 7.69. The van der Waals surface area contributed by atoms with Crippen molar-refractivity contribution in [2.45, 2.75) is 25.3 Å². The van der Waals surface area contributed by atoms with E-state index in [-0.39, 0.29) is 23.8 Å². The summed E-state index contributed by atoms with van der Waals surface area (Å²) in [7, 11) is 0. The highest BCUT2D eigenvalue weighted by Crippen LogP contribution is 2.30. The Morgan fingerprint density at radius 3 is 3.10 bits per heavy atom. The molecule has 1 aromatic carbocycles. The van der Waals surface area contributed by atoms with E-state index in [4.69, 9.17) is 0 Å². The van der Waals surface area contributed by atoms with Gasteiger partial charge in [-0.25, -0.2) is 0 Å². The summed E-state index contributed by atoms with van der Waals surface area (Å²) in [5.41, 5.74) is 3.10. The second-order valence-electron chi connectivity index (χ2n) is 6.11. The van der Waals surface area contributed by atoms with Crippen LogP contribution in [0.15, 0.2) is 18.2 Å². The minimum Gasteiger partial charge on any atom is -0.384 e. The van der Waals surface area contributed by atoms with Gasteiger partial charge in [0, 0.05) is 30.9 Å². The van der Waals surface area contributed by atoms with Gasteiger partial charge in [0.2, 0.25) is 5.91 Å². The van der Waals surface area contributed by atoms with Crippen LogP contribution in [0.3, 0.4) is 0 Å². The molecule has 3 aliphatic heterocycles. The smallest absolute Gasteiger partial charge is 0.254 e. The number of fused-ring (bicyclic) bond motifs is 2. The molecule has 3 heterocycles. The molecule has 5 nitrogen and oxygen atoms in total. The lowest BCUT2D eigenvalue weighted by molar-refractivity contribution is -0.123. The molecule has 1 aromatic rings. The topological polar surface area (TPSA) is 61.4 Å². The number of nitrogens with one attached hydrogen (secondary N) is 2. The maximum absolute atomic E-state index is 12.8. The third-order valence-electron chi connectivity index (χ3n) is 4.92. The third-order valence-corrected chi connectivity index (χ3v) is 4.92. The Labute approximate surface area is 123 Å². The van der Waals surface area contributed by atoms with Crippen LogP contribution in [0.1, 0.15) is 28.8 Å². The van der Waals surface area contributed by atoms with Gasteiger partial charge in [0.25, 0.3) is 5.91 Å². The molecule has 0 spiro atoms. The SMILES string of the molecule is O=C1NCC2C1CCCN2C(=O)c1ccc2c(c1)CCN2. The Morgan fingerprint density at radius 2 is 2.19 bits per heavy atom. The Kier molecular flexibility index (Phi) is 2.87. The van der Waals surface area contributed by atoms with Gasteiger partial charge in [0.05, 0.1) is 12.0 Å². The number of likely N-dealkylation sites (tertiary alicyclic amines) is 1. The van der Waals surface area contributed by atoms with Crippen LogP contribution in [0.2, 0.25) is 0 Å². The van der Waals surface area contributed by atoms with Crippen LogP contribution >= 0.6 is 0 Å². The molecular formula is C16H19N3O2. The number of piperidine rings is 1. The van der Waals surface area contributed by atoms with E-state index < -0.39 is 0 Å². The fourth-order valence-corrected chi connectivity index (χ4v) is 3.81. The van der Waals surface area contributed by atoms with Gasteiger partial charge in [-0.2, -0.15) is 0 Å². The average molecular weight is 285 g/mol. The van der Waals surface area contributed by atoms with E-state index in [1.165, 1.54) is 5.56 Å². The Balaban J connectivity index is 1.60.